The normalized spacial score (nSPS) is 10.2. The van der Waals surface area contributed by atoms with Crippen molar-refractivity contribution in [1.29, 1.82) is 0 Å². The second kappa shape index (κ2) is 4.83. The molecular formula is C10H15NO3. The molecule has 14 heavy (non-hydrogen) atoms. The van der Waals surface area contributed by atoms with Gasteiger partial charge in [-0.15, -0.1) is 0 Å². The molecule has 4 nitrogen and oxygen atoms in total. The van der Waals surface area contributed by atoms with Crippen LogP contribution in [0, 0.1) is 0 Å². The third kappa shape index (κ3) is 2.16. The topological polar surface area (TPSA) is 64.7 Å². The predicted octanol–water partition coefficient (Wildman–Crippen LogP) is 1.35. The van der Waals surface area contributed by atoms with Crippen LogP contribution in [-0.2, 0) is 17.9 Å². The Kier molecular flexibility index (Phi) is 3.73. The van der Waals surface area contributed by atoms with E-state index in [0.717, 1.165) is 12.0 Å². The van der Waals surface area contributed by atoms with Crippen LogP contribution in [0.1, 0.15) is 18.1 Å². The SMILES string of the molecule is CCc1cc(CON)c(O)c(OC)c1. The second-order valence-corrected chi connectivity index (χ2v) is 2.97. The van der Waals surface area contributed by atoms with Crippen LogP contribution in [0.3, 0.4) is 0 Å². The number of hydrogen-bond donors (Lipinski definition) is 2. The number of methoxy groups -OCH3 is 1. The Morgan fingerprint density at radius 1 is 1.43 bits per heavy atom. The molecule has 0 atom stereocenters. The Hall–Kier alpha value is -1.26. The van der Waals surface area contributed by atoms with E-state index in [2.05, 4.69) is 4.84 Å². The molecule has 0 aliphatic heterocycles. The van der Waals surface area contributed by atoms with Gasteiger partial charge in [-0.2, -0.15) is 0 Å². The number of rotatable bonds is 4. The van der Waals surface area contributed by atoms with Crippen molar-refractivity contribution in [2.24, 2.45) is 5.90 Å². The van der Waals surface area contributed by atoms with Crippen LogP contribution in [0.4, 0.5) is 0 Å². The molecule has 0 heterocycles. The predicted molar refractivity (Wildman–Crippen MR) is 53.0 cm³/mol. The van der Waals surface area contributed by atoms with Crippen molar-refractivity contribution in [3.8, 4) is 11.5 Å². The molecule has 0 fully saturated rings. The molecule has 3 N–H and O–H groups in total. The van der Waals surface area contributed by atoms with E-state index in [1.165, 1.54) is 7.11 Å². The van der Waals surface area contributed by atoms with Crippen LogP contribution in [-0.4, -0.2) is 12.2 Å². The van der Waals surface area contributed by atoms with E-state index in [1.807, 2.05) is 13.0 Å². The number of aryl methyl sites for hydroxylation is 1. The summed E-state index contributed by atoms with van der Waals surface area (Å²) in [5, 5.41) is 9.68. The smallest absolute Gasteiger partial charge is 0.163 e. The largest absolute Gasteiger partial charge is 0.504 e. The molecule has 0 amide bonds. The zero-order valence-corrected chi connectivity index (χ0v) is 8.41. The lowest BCUT2D eigenvalue weighted by molar-refractivity contribution is 0.122. The molecule has 1 rings (SSSR count). The summed E-state index contributed by atoms with van der Waals surface area (Å²) in [4.78, 5) is 4.49. The zero-order valence-electron chi connectivity index (χ0n) is 8.41. The number of aromatic hydroxyl groups is 1. The van der Waals surface area contributed by atoms with Gasteiger partial charge in [0.25, 0.3) is 0 Å². The molecule has 4 heteroatoms. The lowest BCUT2D eigenvalue weighted by Gasteiger charge is -2.10. The quantitative estimate of drug-likeness (QED) is 0.715. The molecule has 0 bridgehead atoms. The van der Waals surface area contributed by atoms with Crippen LogP contribution >= 0.6 is 0 Å². The highest BCUT2D eigenvalue weighted by atomic mass is 16.6. The zero-order chi connectivity index (χ0) is 10.6. The summed E-state index contributed by atoms with van der Waals surface area (Å²) < 4.78 is 5.03. The highest BCUT2D eigenvalue weighted by molar-refractivity contribution is 5.48. The molecule has 1 aromatic rings. The van der Waals surface area contributed by atoms with Crippen molar-refractivity contribution in [1.82, 2.24) is 0 Å². The molecule has 1 aromatic carbocycles. The first-order valence-electron chi connectivity index (χ1n) is 4.43. The fourth-order valence-corrected chi connectivity index (χ4v) is 1.29. The highest BCUT2D eigenvalue weighted by Gasteiger charge is 2.09. The van der Waals surface area contributed by atoms with Gasteiger partial charge in [-0.25, -0.2) is 5.90 Å². The number of phenolic OH excluding ortho intramolecular Hbond substituents is 1. The van der Waals surface area contributed by atoms with Gasteiger partial charge in [-0.05, 0) is 24.1 Å². The molecule has 0 radical (unpaired) electrons. The Morgan fingerprint density at radius 2 is 2.14 bits per heavy atom. The fourth-order valence-electron chi connectivity index (χ4n) is 1.29. The van der Waals surface area contributed by atoms with Gasteiger partial charge in [0, 0.05) is 5.56 Å². The maximum absolute atomic E-state index is 9.68. The number of phenols is 1. The number of benzene rings is 1. The summed E-state index contributed by atoms with van der Waals surface area (Å²) in [5.41, 5.74) is 1.72. The summed E-state index contributed by atoms with van der Waals surface area (Å²) in [7, 11) is 1.52. The summed E-state index contributed by atoms with van der Waals surface area (Å²) in [5.74, 6) is 5.51. The first-order chi connectivity index (χ1) is 6.72. The first kappa shape index (κ1) is 10.8. The van der Waals surface area contributed by atoms with Gasteiger partial charge < -0.3 is 9.84 Å². The van der Waals surface area contributed by atoms with Crippen molar-refractivity contribution in [3.05, 3.63) is 23.3 Å². The Bertz CT molecular complexity index is 312. The van der Waals surface area contributed by atoms with Crippen LogP contribution < -0.4 is 10.6 Å². The van der Waals surface area contributed by atoms with E-state index in [-0.39, 0.29) is 12.4 Å². The number of ether oxygens (including phenoxy) is 1. The Balaban J connectivity index is 3.12. The lowest BCUT2D eigenvalue weighted by Crippen LogP contribution is -2.01. The minimum atomic E-state index is 0.0927. The first-order valence-corrected chi connectivity index (χ1v) is 4.43. The van der Waals surface area contributed by atoms with E-state index in [4.69, 9.17) is 10.6 Å². The number of nitrogens with two attached hydrogens (primary N) is 1. The number of hydrogen-bond acceptors (Lipinski definition) is 4. The van der Waals surface area contributed by atoms with E-state index >= 15 is 0 Å². The molecule has 0 aliphatic carbocycles. The molecule has 0 aromatic heterocycles. The summed E-state index contributed by atoms with van der Waals surface area (Å²) in [6, 6.07) is 3.65. The van der Waals surface area contributed by atoms with Gasteiger partial charge in [-0.1, -0.05) is 6.92 Å². The van der Waals surface area contributed by atoms with Gasteiger partial charge in [-0.3, -0.25) is 4.84 Å². The second-order valence-electron chi connectivity index (χ2n) is 2.97. The van der Waals surface area contributed by atoms with E-state index in [1.54, 1.807) is 6.07 Å². The third-order valence-corrected chi connectivity index (χ3v) is 2.08. The standard InChI is InChI=1S/C10H15NO3/c1-3-7-4-8(6-14-11)10(12)9(5-7)13-2/h4-5,12H,3,6,11H2,1-2H3. The molecule has 0 aliphatic rings. The molecule has 0 saturated heterocycles. The van der Waals surface area contributed by atoms with E-state index in [0.29, 0.717) is 11.3 Å². The maximum atomic E-state index is 9.68. The van der Waals surface area contributed by atoms with E-state index in [9.17, 15) is 5.11 Å². The Labute approximate surface area is 83.2 Å². The molecule has 78 valence electrons. The van der Waals surface area contributed by atoms with Gasteiger partial charge >= 0.3 is 0 Å². The van der Waals surface area contributed by atoms with Crippen LogP contribution in [0.5, 0.6) is 11.5 Å². The van der Waals surface area contributed by atoms with Crippen molar-refractivity contribution in [2.45, 2.75) is 20.0 Å². The van der Waals surface area contributed by atoms with Crippen molar-refractivity contribution in [2.75, 3.05) is 7.11 Å². The summed E-state index contributed by atoms with van der Waals surface area (Å²) in [6.07, 6.45) is 0.869. The summed E-state index contributed by atoms with van der Waals surface area (Å²) in [6.45, 7) is 2.20. The fraction of sp³-hybridized carbons (Fsp3) is 0.400. The average Bonchev–Trinajstić information content (AvgIpc) is 2.21. The third-order valence-electron chi connectivity index (χ3n) is 2.08. The lowest BCUT2D eigenvalue weighted by atomic mass is 10.1. The van der Waals surface area contributed by atoms with Crippen LogP contribution in [0.2, 0.25) is 0 Å². The maximum Gasteiger partial charge on any atom is 0.163 e. The van der Waals surface area contributed by atoms with Crippen molar-refractivity contribution >= 4 is 0 Å². The van der Waals surface area contributed by atoms with E-state index < -0.39 is 0 Å². The molecule has 0 unspecified atom stereocenters. The Morgan fingerprint density at radius 3 is 2.64 bits per heavy atom. The average molecular weight is 197 g/mol. The highest BCUT2D eigenvalue weighted by Crippen LogP contribution is 2.31. The minimum absolute atomic E-state index is 0.0927. The van der Waals surface area contributed by atoms with Crippen molar-refractivity contribution < 1.29 is 14.7 Å². The van der Waals surface area contributed by atoms with Gasteiger partial charge in [0.15, 0.2) is 11.5 Å². The molecule has 0 saturated carbocycles. The van der Waals surface area contributed by atoms with Crippen LogP contribution in [0.25, 0.3) is 0 Å². The van der Waals surface area contributed by atoms with Gasteiger partial charge in [0.2, 0.25) is 0 Å². The summed E-state index contributed by atoms with van der Waals surface area (Å²) >= 11 is 0. The minimum Gasteiger partial charge on any atom is -0.504 e. The molecule has 0 spiro atoms. The van der Waals surface area contributed by atoms with Gasteiger partial charge in [0.1, 0.15) is 0 Å². The molecular weight excluding hydrogens is 182 g/mol. The van der Waals surface area contributed by atoms with Crippen molar-refractivity contribution in [3.63, 3.8) is 0 Å². The monoisotopic (exact) mass is 197 g/mol. The van der Waals surface area contributed by atoms with Crippen LogP contribution in [0.15, 0.2) is 12.1 Å². The van der Waals surface area contributed by atoms with Gasteiger partial charge in [0.05, 0.1) is 13.7 Å².